The predicted octanol–water partition coefficient (Wildman–Crippen LogP) is 6.54. The van der Waals surface area contributed by atoms with Gasteiger partial charge in [0.1, 0.15) is 5.52 Å². The number of fused-ring (bicyclic) bond motifs is 2. The van der Waals surface area contributed by atoms with Crippen molar-refractivity contribution in [3.8, 4) is 0 Å². The zero-order valence-corrected chi connectivity index (χ0v) is 23.7. The summed E-state index contributed by atoms with van der Waals surface area (Å²) in [6.45, 7) is 1.61. The number of carbonyl (C=O) groups excluding carboxylic acids is 1. The van der Waals surface area contributed by atoms with Crippen molar-refractivity contribution in [2.45, 2.75) is 42.3 Å². The number of nitrogens with zero attached hydrogens (tertiary/aromatic N) is 3. The van der Waals surface area contributed by atoms with Crippen molar-refractivity contribution in [3.05, 3.63) is 95.6 Å². The Morgan fingerprint density at radius 3 is 2.58 bits per heavy atom. The summed E-state index contributed by atoms with van der Waals surface area (Å²) in [5.74, 6) is 0.105. The molecule has 204 valence electrons. The minimum atomic E-state index is -3.35. The number of benzene rings is 3. The van der Waals surface area contributed by atoms with Gasteiger partial charge in [-0.15, -0.1) is 0 Å². The van der Waals surface area contributed by atoms with Crippen LogP contribution in [0.1, 0.15) is 43.4 Å². The minimum Gasteiger partial charge on any atom is -0.431 e. The van der Waals surface area contributed by atoms with E-state index >= 15 is 0 Å². The topological polar surface area (TPSA) is 92.8 Å². The van der Waals surface area contributed by atoms with E-state index in [2.05, 4.69) is 35.3 Å². The van der Waals surface area contributed by atoms with E-state index in [-0.39, 0.29) is 34.3 Å². The van der Waals surface area contributed by atoms with E-state index in [0.29, 0.717) is 16.3 Å². The van der Waals surface area contributed by atoms with Crippen LogP contribution >= 0.6 is 11.8 Å². The molecule has 0 radical (unpaired) electrons. The molecule has 1 amide bonds. The summed E-state index contributed by atoms with van der Waals surface area (Å²) in [7, 11) is -3.35. The molecule has 1 aromatic heterocycles. The van der Waals surface area contributed by atoms with E-state index in [1.54, 1.807) is 18.0 Å². The molecule has 1 saturated carbocycles. The Balaban J connectivity index is 1.27. The Morgan fingerprint density at radius 2 is 1.82 bits per heavy atom. The van der Waals surface area contributed by atoms with Gasteiger partial charge in [-0.3, -0.25) is 4.79 Å². The van der Waals surface area contributed by atoms with Gasteiger partial charge >= 0.3 is 0 Å². The van der Waals surface area contributed by atoms with Crippen LogP contribution in [-0.4, -0.2) is 41.5 Å². The molecule has 0 bridgehead atoms. The Kier molecular flexibility index (Phi) is 7.33. The third-order valence-electron chi connectivity index (χ3n) is 7.44. The van der Waals surface area contributed by atoms with Crippen molar-refractivity contribution in [2.75, 3.05) is 11.5 Å². The highest BCUT2D eigenvalue weighted by Crippen LogP contribution is 2.44. The van der Waals surface area contributed by atoms with Crippen molar-refractivity contribution in [2.24, 2.45) is 11.0 Å². The van der Waals surface area contributed by atoms with Crippen LogP contribution in [0.25, 0.3) is 17.2 Å². The van der Waals surface area contributed by atoms with Crippen molar-refractivity contribution in [3.63, 3.8) is 0 Å². The van der Waals surface area contributed by atoms with Gasteiger partial charge in [0.15, 0.2) is 15.4 Å². The van der Waals surface area contributed by atoms with Crippen molar-refractivity contribution < 1.29 is 17.6 Å². The third kappa shape index (κ3) is 5.23. The molecule has 1 aliphatic heterocycles. The van der Waals surface area contributed by atoms with E-state index in [9.17, 15) is 13.2 Å². The summed E-state index contributed by atoms with van der Waals surface area (Å²) in [5, 5.41) is 6.92. The molecule has 1 fully saturated rings. The van der Waals surface area contributed by atoms with Crippen LogP contribution in [0.4, 0.5) is 0 Å². The molecule has 9 heteroatoms. The summed E-state index contributed by atoms with van der Waals surface area (Å²) in [5.41, 5.74) is 5.31. The molecule has 6 rings (SSSR count). The highest BCUT2D eigenvalue weighted by Gasteiger charge is 2.43. The molecule has 1 aliphatic carbocycles. The van der Waals surface area contributed by atoms with Gasteiger partial charge in [0.25, 0.3) is 11.1 Å². The van der Waals surface area contributed by atoms with Crippen molar-refractivity contribution >= 4 is 50.4 Å². The van der Waals surface area contributed by atoms with Crippen LogP contribution in [0.5, 0.6) is 0 Å². The summed E-state index contributed by atoms with van der Waals surface area (Å²) in [6, 6.07) is 24.8. The molecule has 0 spiro atoms. The number of allylic oxidation sites excluding steroid dienone is 1. The molecule has 2 unspecified atom stereocenters. The molecule has 3 aromatic carbocycles. The molecular weight excluding hydrogens is 542 g/mol. The maximum Gasteiger partial charge on any atom is 0.257 e. The largest absolute Gasteiger partial charge is 0.431 e. The number of oxazole rings is 1. The van der Waals surface area contributed by atoms with Gasteiger partial charge in [0, 0.05) is 5.92 Å². The molecule has 4 aromatic rings. The number of sulfone groups is 1. The van der Waals surface area contributed by atoms with Gasteiger partial charge in [-0.1, -0.05) is 79.3 Å². The van der Waals surface area contributed by atoms with Gasteiger partial charge in [-0.05, 0) is 60.2 Å². The minimum absolute atomic E-state index is 0.0105. The van der Waals surface area contributed by atoms with Crippen LogP contribution in [0.2, 0.25) is 0 Å². The van der Waals surface area contributed by atoms with Gasteiger partial charge in [-0.25, -0.2) is 18.4 Å². The number of rotatable bonds is 7. The molecular formula is C31H29N3O4S2. The Bertz CT molecular complexity index is 1710. The Morgan fingerprint density at radius 1 is 1.07 bits per heavy atom. The molecule has 2 aliphatic rings. The average Bonchev–Trinajstić information content (AvgIpc) is 3.58. The van der Waals surface area contributed by atoms with Crippen LogP contribution in [0.3, 0.4) is 0 Å². The molecule has 2 atom stereocenters. The van der Waals surface area contributed by atoms with Crippen LogP contribution in [-0.2, 0) is 14.6 Å². The lowest BCUT2D eigenvalue weighted by atomic mass is 9.77. The lowest BCUT2D eigenvalue weighted by molar-refractivity contribution is -0.130. The maximum absolute atomic E-state index is 13.7. The summed E-state index contributed by atoms with van der Waals surface area (Å²) < 4.78 is 30.3. The first-order chi connectivity index (χ1) is 19.4. The van der Waals surface area contributed by atoms with Crippen LogP contribution in [0.15, 0.2) is 104 Å². The highest BCUT2D eigenvalue weighted by molar-refractivity contribution is 7.99. The number of hydrogen-bond donors (Lipinski definition) is 0. The number of amides is 1. The number of thioether (sulfide) groups is 1. The Labute approximate surface area is 237 Å². The van der Waals surface area contributed by atoms with E-state index < -0.39 is 9.84 Å². The number of aromatic nitrogens is 1. The van der Waals surface area contributed by atoms with E-state index in [1.807, 2.05) is 36.4 Å². The summed E-state index contributed by atoms with van der Waals surface area (Å²) in [6.07, 6.45) is 5.14. The number of hydrazone groups is 1. The Hall–Kier alpha value is -3.69. The third-order valence-corrected chi connectivity index (χ3v) is 9.98. The monoisotopic (exact) mass is 571 g/mol. The lowest BCUT2D eigenvalue weighted by Gasteiger charge is -2.29. The van der Waals surface area contributed by atoms with E-state index in [0.717, 1.165) is 36.1 Å². The zero-order chi connectivity index (χ0) is 27.7. The fraction of sp³-hybridized carbons (Fsp3) is 0.258. The van der Waals surface area contributed by atoms with Crippen molar-refractivity contribution in [1.82, 2.24) is 9.99 Å². The van der Waals surface area contributed by atoms with Crippen LogP contribution < -0.4 is 0 Å². The van der Waals surface area contributed by atoms with Crippen molar-refractivity contribution in [1.29, 1.82) is 0 Å². The first kappa shape index (κ1) is 26.5. The van der Waals surface area contributed by atoms with Gasteiger partial charge in [-0.2, -0.15) is 5.10 Å². The summed E-state index contributed by atoms with van der Waals surface area (Å²) >= 11 is 1.19. The standard InChI is InChI=1S/C31H29N3O4S2/c1-2-40(36,37)24-16-17-27-26(19-24)32-31(38-27)39-20-28(35)34-30(22-12-7-4-8-13-22)25-15-9-14-23(29(25)33-34)18-21-10-5-3-6-11-21/h3-8,10-13,16-19,25,30H,2,9,14-15,20H2,1H3. The van der Waals surface area contributed by atoms with Gasteiger partial charge < -0.3 is 4.42 Å². The quantitative estimate of drug-likeness (QED) is 0.234. The second-order valence-corrected chi connectivity index (χ2v) is 13.2. The smallest absolute Gasteiger partial charge is 0.257 e. The fourth-order valence-electron chi connectivity index (χ4n) is 5.44. The second-order valence-electron chi connectivity index (χ2n) is 9.96. The molecule has 0 N–H and O–H groups in total. The summed E-state index contributed by atoms with van der Waals surface area (Å²) in [4.78, 5) is 18.3. The molecule has 0 saturated heterocycles. The highest BCUT2D eigenvalue weighted by atomic mass is 32.2. The zero-order valence-electron chi connectivity index (χ0n) is 22.1. The normalized spacial score (nSPS) is 20.1. The lowest BCUT2D eigenvalue weighted by Crippen LogP contribution is -2.32. The molecule has 7 nitrogen and oxygen atoms in total. The predicted molar refractivity (Wildman–Crippen MR) is 158 cm³/mol. The molecule has 2 heterocycles. The van der Waals surface area contributed by atoms with E-state index in [4.69, 9.17) is 9.52 Å². The first-order valence-electron chi connectivity index (χ1n) is 13.4. The maximum atomic E-state index is 13.7. The number of hydrogen-bond acceptors (Lipinski definition) is 7. The number of carbonyl (C=O) groups is 1. The SMILES string of the molecule is CCS(=O)(=O)c1ccc2oc(SCC(=O)N3N=C4C(=Cc5ccccc5)CCCC4C3c3ccccc3)nc2c1. The average molecular weight is 572 g/mol. The fourth-order valence-corrected chi connectivity index (χ4v) is 7.03. The first-order valence-corrected chi connectivity index (χ1v) is 16.0. The van der Waals surface area contributed by atoms with Gasteiger partial charge in [0.05, 0.1) is 28.2 Å². The van der Waals surface area contributed by atoms with E-state index in [1.165, 1.54) is 29.5 Å². The van der Waals surface area contributed by atoms with Gasteiger partial charge in [0.2, 0.25) is 0 Å². The van der Waals surface area contributed by atoms with Crippen LogP contribution in [0, 0.1) is 5.92 Å². The molecule has 40 heavy (non-hydrogen) atoms. The second kappa shape index (κ2) is 11.1.